The lowest BCUT2D eigenvalue weighted by atomic mass is 10.1. The molecule has 4 heteroatoms. The van der Waals surface area contributed by atoms with Crippen LogP contribution < -0.4 is 0 Å². The molecule has 0 aromatic heterocycles. The fourth-order valence-electron chi connectivity index (χ4n) is 1.59. The first-order valence-electron chi connectivity index (χ1n) is 4.79. The van der Waals surface area contributed by atoms with Crippen LogP contribution in [-0.4, -0.2) is 44.4 Å². The van der Waals surface area contributed by atoms with Gasteiger partial charge in [0.15, 0.2) is 0 Å². The van der Waals surface area contributed by atoms with Gasteiger partial charge in [0.2, 0.25) is 0 Å². The Bertz CT molecular complexity index is 206. The first kappa shape index (κ1) is 11.0. The summed E-state index contributed by atoms with van der Waals surface area (Å²) >= 11 is 0. The maximum Gasteiger partial charge on any atom is 0.410 e. The van der Waals surface area contributed by atoms with Crippen LogP contribution in [0.25, 0.3) is 0 Å². The molecule has 1 saturated heterocycles. The number of carbonyl (C=O) groups excluding carboxylic acids is 1. The second kappa shape index (κ2) is 5.65. The molecule has 0 radical (unpaired) electrons. The monoisotopic (exact) mass is 199 g/mol. The van der Waals surface area contributed by atoms with Crippen LogP contribution in [0.15, 0.2) is 12.7 Å². The minimum atomic E-state index is -0.247. The molecule has 0 spiro atoms. The van der Waals surface area contributed by atoms with E-state index in [4.69, 9.17) is 9.47 Å². The molecule has 1 amide bonds. The summed E-state index contributed by atoms with van der Waals surface area (Å²) in [5.74, 6) is 0.455. The highest BCUT2D eigenvalue weighted by molar-refractivity contribution is 5.68. The average molecular weight is 199 g/mol. The van der Waals surface area contributed by atoms with Crippen molar-refractivity contribution in [2.45, 2.75) is 6.42 Å². The normalized spacial score (nSPS) is 20.9. The third-order valence-corrected chi connectivity index (χ3v) is 2.27. The van der Waals surface area contributed by atoms with E-state index in [2.05, 4.69) is 6.58 Å². The van der Waals surface area contributed by atoms with Gasteiger partial charge in [0.05, 0.1) is 6.61 Å². The van der Waals surface area contributed by atoms with Crippen LogP contribution in [0.2, 0.25) is 0 Å². The van der Waals surface area contributed by atoms with Gasteiger partial charge in [-0.25, -0.2) is 4.79 Å². The number of nitrogens with zero attached hydrogens (tertiary/aromatic N) is 1. The highest BCUT2D eigenvalue weighted by atomic mass is 16.6. The summed E-state index contributed by atoms with van der Waals surface area (Å²) in [5, 5.41) is 0. The number of carbonyl (C=O) groups is 1. The minimum Gasteiger partial charge on any atom is -0.445 e. The number of likely N-dealkylation sites (tertiary alicyclic amines) is 1. The quantitative estimate of drug-likeness (QED) is 0.640. The number of rotatable bonds is 4. The summed E-state index contributed by atoms with van der Waals surface area (Å²) in [4.78, 5) is 13.1. The summed E-state index contributed by atoms with van der Waals surface area (Å²) < 4.78 is 9.97. The molecule has 0 bridgehead atoms. The largest absolute Gasteiger partial charge is 0.445 e. The van der Waals surface area contributed by atoms with Crippen molar-refractivity contribution in [1.82, 2.24) is 4.90 Å². The van der Waals surface area contributed by atoms with Crippen molar-refractivity contribution in [3.05, 3.63) is 12.7 Å². The van der Waals surface area contributed by atoms with Crippen molar-refractivity contribution in [1.29, 1.82) is 0 Å². The van der Waals surface area contributed by atoms with Crippen LogP contribution in [0.1, 0.15) is 6.42 Å². The Morgan fingerprint density at radius 1 is 1.71 bits per heavy atom. The van der Waals surface area contributed by atoms with Crippen molar-refractivity contribution < 1.29 is 14.3 Å². The summed E-state index contributed by atoms with van der Waals surface area (Å²) in [5.41, 5.74) is 0. The van der Waals surface area contributed by atoms with Crippen LogP contribution in [-0.2, 0) is 9.47 Å². The predicted molar refractivity (Wildman–Crippen MR) is 53.1 cm³/mol. The van der Waals surface area contributed by atoms with Gasteiger partial charge in [0.25, 0.3) is 0 Å². The van der Waals surface area contributed by atoms with E-state index >= 15 is 0 Å². The molecule has 0 saturated carbocycles. The van der Waals surface area contributed by atoms with Crippen LogP contribution in [0.4, 0.5) is 4.79 Å². The van der Waals surface area contributed by atoms with Crippen molar-refractivity contribution >= 4 is 6.09 Å². The Morgan fingerprint density at radius 2 is 2.50 bits per heavy atom. The molecule has 1 heterocycles. The van der Waals surface area contributed by atoms with Gasteiger partial charge in [0.1, 0.15) is 6.61 Å². The zero-order valence-corrected chi connectivity index (χ0v) is 8.57. The topological polar surface area (TPSA) is 38.8 Å². The predicted octanol–water partition coefficient (Wildman–Crippen LogP) is 1.28. The van der Waals surface area contributed by atoms with Gasteiger partial charge in [-0.2, -0.15) is 0 Å². The summed E-state index contributed by atoms with van der Waals surface area (Å²) in [7, 11) is 1.68. The number of hydrogen-bond donors (Lipinski definition) is 0. The Labute approximate surface area is 84.5 Å². The fraction of sp³-hybridized carbons (Fsp3) is 0.700. The third kappa shape index (κ3) is 3.03. The lowest BCUT2D eigenvalue weighted by molar-refractivity contribution is 0.114. The lowest BCUT2D eigenvalue weighted by Gasteiger charge is -2.15. The lowest BCUT2D eigenvalue weighted by Crippen LogP contribution is -2.29. The second-order valence-corrected chi connectivity index (χ2v) is 3.42. The number of methoxy groups -OCH3 is 1. The maximum atomic E-state index is 11.4. The molecule has 0 aliphatic carbocycles. The first-order chi connectivity index (χ1) is 6.77. The molecule has 1 atom stereocenters. The van der Waals surface area contributed by atoms with Crippen LogP contribution >= 0.6 is 0 Å². The van der Waals surface area contributed by atoms with Gasteiger partial charge in [-0.1, -0.05) is 12.7 Å². The molecular formula is C10H17NO3. The molecule has 80 valence electrons. The molecule has 0 N–H and O–H groups in total. The molecule has 1 rings (SSSR count). The minimum absolute atomic E-state index is 0.247. The van der Waals surface area contributed by atoms with Crippen molar-refractivity contribution in [3.63, 3.8) is 0 Å². The van der Waals surface area contributed by atoms with Gasteiger partial charge in [-0.15, -0.1) is 0 Å². The zero-order chi connectivity index (χ0) is 10.4. The maximum absolute atomic E-state index is 11.4. The van der Waals surface area contributed by atoms with Crippen LogP contribution in [0.3, 0.4) is 0 Å². The molecule has 4 nitrogen and oxygen atoms in total. The SMILES string of the molecule is C=CCOC(=O)N1CCC(COC)C1. The molecule has 1 fully saturated rings. The molecule has 0 aromatic carbocycles. The Hall–Kier alpha value is -1.03. The van der Waals surface area contributed by atoms with Gasteiger partial charge in [0, 0.05) is 26.1 Å². The Balaban J connectivity index is 2.26. The van der Waals surface area contributed by atoms with E-state index < -0.39 is 0 Å². The van der Waals surface area contributed by atoms with E-state index in [1.54, 1.807) is 18.1 Å². The van der Waals surface area contributed by atoms with Gasteiger partial charge < -0.3 is 14.4 Å². The first-order valence-corrected chi connectivity index (χ1v) is 4.79. The summed E-state index contributed by atoms with van der Waals surface area (Å²) in [6.07, 6.45) is 2.32. The van der Waals surface area contributed by atoms with E-state index in [9.17, 15) is 4.79 Å². The molecule has 0 aromatic rings. The van der Waals surface area contributed by atoms with Gasteiger partial charge >= 0.3 is 6.09 Å². The van der Waals surface area contributed by atoms with Gasteiger partial charge in [-0.05, 0) is 6.42 Å². The molecule has 1 aliphatic rings. The van der Waals surface area contributed by atoms with Crippen LogP contribution in [0, 0.1) is 5.92 Å². The van der Waals surface area contributed by atoms with E-state index in [-0.39, 0.29) is 12.7 Å². The average Bonchev–Trinajstić information content (AvgIpc) is 2.63. The standard InChI is InChI=1S/C10H17NO3/c1-3-6-14-10(12)11-5-4-9(7-11)8-13-2/h3,9H,1,4-8H2,2H3. The molecule has 1 unspecified atom stereocenters. The van der Waals surface area contributed by atoms with Crippen LogP contribution in [0.5, 0.6) is 0 Å². The van der Waals surface area contributed by atoms with Crippen molar-refractivity contribution in [3.8, 4) is 0 Å². The highest BCUT2D eigenvalue weighted by Gasteiger charge is 2.26. The van der Waals surface area contributed by atoms with E-state index in [0.29, 0.717) is 12.5 Å². The van der Waals surface area contributed by atoms with E-state index in [0.717, 1.165) is 19.5 Å². The molecular weight excluding hydrogens is 182 g/mol. The molecule has 14 heavy (non-hydrogen) atoms. The number of amides is 1. The van der Waals surface area contributed by atoms with Crippen molar-refractivity contribution in [2.24, 2.45) is 5.92 Å². The summed E-state index contributed by atoms with van der Waals surface area (Å²) in [6, 6.07) is 0. The zero-order valence-electron chi connectivity index (χ0n) is 8.57. The summed E-state index contributed by atoms with van der Waals surface area (Å²) in [6.45, 7) is 5.99. The van der Waals surface area contributed by atoms with Crippen molar-refractivity contribution in [2.75, 3.05) is 33.4 Å². The van der Waals surface area contributed by atoms with E-state index in [1.807, 2.05) is 0 Å². The number of ether oxygens (including phenoxy) is 2. The van der Waals surface area contributed by atoms with E-state index in [1.165, 1.54) is 0 Å². The third-order valence-electron chi connectivity index (χ3n) is 2.27. The van der Waals surface area contributed by atoms with Gasteiger partial charge in [-0.3, -0.25) is 0 Å². The number of hydrogen-bond acceptors (Lipinski definition) is 3. The fourth-order valence-corrected chi connectivity index (χ4v) is 1.59. The Kier molecular flexibility index (Phi) is 4.46. The smallest absolute Gasteiger partial charge is 0.410 e. The highest BCUT2D eigenvalue weighted by Crippen LogP contribution is 2.16. The molecule has 1 aliphatic heterocycles. The second-order valence-electron chi connectivity index (χ2n) is 3.42. The Morgan fingerprint density at radius 3 is 3.14 bits per heavy atom.